The van der Waals surface area contributed by atoms with Gasteiger partial charge in [-0.1, -0.05) is 11.2 Å². The number of nitrogens with zero attached hydrogens (tertiary/aromatic N) is 4. The predicted molar refractivity (Wildman–Crippen MR) is 120 cm³/mol. The van der Waals surface area contributed by atoms with Gasteiger partial charge in [-0.2, -0.15) is 4.98 Å². The Balaban J connectivity index is 0.00000127. The van der Waals surface area contributed by atoms with Crippen LogP contribution in [-0.2, 0) is 16.3 Å². The minimum Gasteiger partial charge on any atom is -0.494 e. The van der Waals surface area contributed by atoms with Gasteiger partial charge in [0.2, 0.25) is 11.7 Å². The first-order chi connectivity index (χ1) is 18.1. The van der Waals surface area contributed by atoms with Crippen molar-refractivity contribution in [3.05, 3.63) is 35.9 Å². The summed E-state index contributed by atoms with van der Waals surface area (Å²) in [5, 5.41) is 25.7. The molecule has 4 rings (SSSR count). The number of hydrogen-bond acceptors (Lipinski definition) is 10. The number of carbonyl (C=O) groups is 3. The van der Waals surface area contributed by atoms with Gasteiger partial charge in [0.25, 0.3) is 18.3 Å². The van der Waals surface area contributed by atoms with Crippen molar-refractivity contribution in [3.8, 4) is 17.1 Å². The number of carbonyl (C=O) groups excluding carboxylic acids is 2. The van der Waals surface area contributed by atoms with E-state index in [1.54, 1.807) is 18.2 Å². The quantitative estimate of drug-likeness (QED) is 0.340. The number of benzene rings is 1. The predicted octanol–water partition coefficient (Wildman–Crippen LogP) is 2.16. The number of ether oxygens (including phenoxy) is 1. The van der Waals surface area contributed by atoms with Gasteiger partial charge in [0.1, 0.15) is 0 Å². The Hall–Kier alpha value is -4.62. The van der Waals surface area contributed by atoms with Gasteiger partial charge in [-0.3, -0.25) is 14.4 Å². The lowest BCUT2D eigenvalue weighted by atomic mass is 10.1. The lowest BCUT2D eigenvalue weighted by molar-refractivity contribution is -0.123. The first-order valence-electron chi connectivity index (χ1n) is 11.5. The summed E-state index contributed by atoms with van der Waals surface area (Å²) < 4.78 is 45.1. The standard InChI is InChI=1S/C20H20FN7O4.CH2O2/c1-22-20(30)16-13(8-14(26-27-16)24-19(29)10-6-7-10)23-12-5-3-4-11(17(12)31-2)18-25-15(9-21)32-28-18;2-1-3/h3-5,8,10H,6-7,9H2,1-2H3,(H,22,30)(H2,23,24,26,29);1H,(H,2,3)/i1D3;. The van der Waals surface area contributed by atoms with Crippen molar-refractivity contribution in [2.45, 2.75) is 19.5 Å². The summed E-state index contributed by atoms with van der Waals surface area (Å²) in [6, 6.07) is 6.19. The molecule has 0 radical (unpaired) electrons. The highest BCUT2D eigenvalue weighted by Crippen LogP contribution is 2.37. The summed E-state index contributed by atoms with van der Waals surface area (Å²) in [6.07, 6.45) is 1.54. The highest BCUT2D eigenvalue weighted by molar-refractivity contribution is 6.00. The Morgan fingerprint density at radius 3 is 2.74 bits per heavy atom. The third-order valence-electron chi connectivity index (χ3n) is 4.63. The van der Waals surface area contributed by atoms with Gasteiger partial charge < -0.3 is 30.3 Å². The average Bonchev–Trinajstić information content (AvgIpc) is 3.61. The van der Waals surface area contributed by atoms with Gasteiger partial charge in [-0.25, -0.2) is 4.39 Å². The van der Waals surface area contributed by atoms with Crippen LogP contribution in [0.1, 0.15) is 33.3 Å². The zero-order valence-corrected chi connectivity index (χ0v) is 18.2. The molecule has 14 heteroatoms. The van der Waals surface area contributed by atoms with Gasteiger partial charge in [-0.05, 0) is 25.0 Å². The highest BCUT2D eigenvalue weighted by atomic mass is 19.1. The number of para-hydroxylation sites is 1. The smallest absolute Gasteiger partial charge is 0.290 e. The Labute approximate surface area is 202 Å². The number of hydrogen-bond donors (Lipinski definition) is 4. The van der Waals surface area contributed by atoms with Crippen LogP contribution in [0.25, 0.3) is 11.4 Å². The molecular weight excluding hydrogens is 465 g/mol. The number of aromatic nitrogens is 4. The van der Waals surface area contributed by atoms with Gasteiger partial charge in [-0.15, -0.1) is 10.2 Å². The van der Waals surface area contributed by atoms with Crippen LogP contribution in [0.15, 0.2) is 28.8 Å². The van der Waals surface area contributed by atoms with Crippen LogP contribution >= 0.6 is 0 Å². The maximum Gasteiger partial charge on any atom is 0.290 e. The van der Waals surface area contributed by atoms with Crippen molar-refractivity contribution in [3.63, 3.8) is 0 Å². The molecule has 0 atom stereocenters. The van der Waals surface area contributed by atoms with Crippen LogP contribution in [-0.4, -0.2) is 57.8 Å². The van der Waals surface area contributed by atoms with E-state index >= 15 is 0 Å². The maximum atomic E-state index is 12.9. The number of amides is 2. The van der Waals surface area contributed by atoms with Crippen molar-refractivity contribution in [2.75, 3.05) is 24.7 Å². The van der Waals surface area contributed by atoms with Crippen LogP contribution in [0.5, 0.6) is 5.75 Å². The van der Waals surface area contributed by atoms with E-state index in [4.69, 9.17) is 23.3 Å². The largest absolute Gasteiger partial charge is 0.494 e. The molecule has 1 aromatic carbocycles. The molecule has 0 spiro atoms. The van der Waals surface area contributed by atoms with E-state index in [1.807, 2.05) is 5.32 Å². The molecule has 13 nitrogen and oxygen atoms in total. The Morgan fingerprint density at radius 2 is 2.11 bits per heavy atom. The van der Waals surface area contributed by atoms with E-state index in [1.165, 1.54) is 13.2 Å². The van der Waals surface area contributed by atoms with E-state index in [0.29, 0.717) is 11.3 Å². The topological polar surface area (TPSA) is 181 Å². The number of rotatable bonds is 8. The second-order valence-corrected chi connectivity index (χ2v) is 6.97. The number of methoxy groups -OCH3 is 1. The van der Waals surface area contributed by atoms with E-state index in [-0.39, 0.29) is 53.0 Å². The summed E-state index contributed by atoms with van der Waals surface area (Å²) in [7, 11) is 1.38. The number of anilines is 3. The second kappa shape index (κ2) is 11.5. The number of halogens is 1. The molecule has 1 aliphatic rings. The Kier molecular flexibility index (Phi) is 6.88. The van der Waals surface area contributed by atoms with Gasteiger partial charge >= 0.3 is 0 Å². The van der Waals surface area contributed by atoms with Crippen molar-refractivity contribution in [2.24, 2.45) is 5.92 Å². The summed E-state index contributed by atoms with van der Waals surface area (Å²) in [5.74, 6) is -1.20. The first kappa shape index (κ1) is 20.9. The second-order valence-electron chi connectivity index (χ2n) is 6.97. The number of carboxylic acid groups (broad SMARTS) is 1. The summed E-state index contributed by atoms with van der Waals surface area (Å²) in [4.78, 5) is 37.1. The minimum atomic E-state index is -2.76. The SMILES string of the molecule is O=CO.[2H]C([2H])([2H])NC(=O)c1nnc(NC(=O)C2CC2)cc1Nc1cccc(-c2noc(CF)n2)c1OC. The lowest BCUT2D eigenvalue weighted by Gasteiger charge is -2.16. The minimum absolute atomic E-state index is 0.0425. The molecule has 3 aromatic rings. The average molecular weight is 490 g/mol. The van der Waals surface area contributed by atoms with Crippen LogP contribution in [0.4, 0.5) is 21.6 Å². The normalized spacial score (nSPS) is 13.7. The fraction of sp³-hybridized carbons (Fsp3) is 0.286. The third kappa shape index (κ3) is 6.04. The zero-order chi connectivity index (χ0) is 27.9. The van der Waals surface area contributed by atoms with E-state index in [9.17, 15) is 14.0 Å². The van der Waals surface area contributed by atoms with Gasteiger partial charge in [0, 0.05) is 23.1 Å². The molecule has 1 aliphatic carbocycles. The molecule has 2 amide bonds. The van der Waals surface area contributed by atoms with E-state index < -0.39 is 19.6 Å². The van der Waals surface area contributed by atoms with E-state index in [0.717, 1.165) is 12.8 Å². The van der Waals surface area contributed by atoms with Crippen molar-refractivity contribution in [1.82, 2.24) is 25.7 Å². The first-order valence-corrected chi connectivity index (χ1v) is 10.0. The third-order valence-corrected chi connectivity index (χ3v) is 4.63. The summed E-state index contributed by atoms with van der Waals surface area (Å²) in [5.41, 5.74) is 0.379. The fourth-order valence-corrected chi connectivity index (χ4v) is 2.94. The molecule has 1 fully saturated rings. The van der Waals surface area contributed by atoms with Crippen molar-refractivity contribution in [1.29, 1.82) is 0 Å². The number of nitrogens with one attached hydrogen (secondary N) is 3. The molecule has 184 valence electrons. The van der Waals surface area contributed by atoms with Gasteiger partial charge in [0.05, 0.1) is 24.0 Å². The molecule has 0 saturated heterocycles. The van der Waals surface area contributed by atoms with Gasteiger partial charge in [0.15, 0.2) is 23.9 Å². The van der Waals surface area contributed by atoms with Crippen LogP contribution in [0.2, 0.25) is 0 Å². The highest BCUT2D eigenvalue weighted by Gasteiger charge is 2.30. The van der Waals surface area contributed by atoms with Crippen molar-refractivity contribution >= 4 is 35.5 Å². The molecule has 35 heavy (non-hydrogen) atoms. The Morgan fingerprint density at radius 1 is 1.34 bits per heavy atom. The lowest BCUT2D eigenvalue weighted by Crippen LogP contribution is -2.22. The summed E-state index contributed by atoms with van der Waals surface area (Å²) >= 11 is 0. The monoisotopic (exact) mass is 490 g/mol. The fourth-order valence-electron chi connectivity index (χ4n) is 2.94. The molecule has 0 bridgehead atoms. The van der Waals surface area contributed by atoms with Crippen LogP contribution < -0.4 is 20.7 Å². The molecule has 1 saturated carbocycles. The van der Waals surface area contributed by atoms with E-state index in [2.05, 4.69) is 31.0 Å². The molecule has 2 aromatic heterocycles. The zero-order valence-electron chi connectivity index (χ0n) is 21.2. The molecular formula is C21H22FN7O6. The molecule has 0 aliphatic heterocycles. The molecule has 2 heterocycles. The maximum absolute atomic E-state index is 12.9. The van der Waals surface area contributed by atoms with Crippen LogP contribution in [0, 0.1) is 5.92 Å². The molecule has 0 unspecified atom stereocenters. The Bertz CT molecular complexity index is 1320. The van der Waals surface area contributed by atoms with Crippen molar-refractivity contribution < 1.29 is 37.3 Å². The molecule has 4 N–H and O–H groups in total. The number of alkyl halides is 1. The van der Waals surface area contributed by atoms with Crippen LogP contribution in [0.3, 0.4) is 0 Å². The summed E-state index contributed by atoms with van der Waals surface area (Å²) in [6.45, 7) is -3.95.